The van der Waals surface area contributed by atoms with Crippen LogP contribution >= 0.6 is 23.2 Å². The van der Waals surface area contributed by atoms with Gasteiger partial charge in [0.2, 0.25) is 5.90 Å². The molecule has 0 radical (unpaired) electrons. The van der Waals surface area contributed by atoms with E-state index >= 15 is 0 Å². The number of methoxy groups -OCH3 is 1. The summed E-state index contributed by atoms with van der Waals surface area (Å²) in [5.41, 5.74) is 12.2. The quantitative estimate of drug-likeness (QED) is 0.273. The lowest BCUT2D eigenvalue weighted by atomic mass is 10.2. The molecule has 0 bridgehead atoms. The van der Waals surface area contributed by atoms with Gasteiger partial charge in [0.1, 0.15) is 29.7 Å². The second-order valence-electron chi connectivity index (χ2n) is 7.13. The maximum absolute atomic E-state index is 13.1. The van der Waals surface area contributed by atoms with Crippen LogP contribution in [-0.2, 0) is 27.3 Å². The number of nitrogens with zero attached hydrogens (tertiary/aromatic N) is 1. The molecule has 0 spiro atoms. The van der Waals surface area contributed by atoms with Crippen molar-refractivity contribution in [2.45, 2.75) is 53.0 Å². The van der Waals surface area contributed by atoms with Gasteiger partial charge in [-0.2, -0.15) is 0 Å². The zero-order valence-electron chi connectivity index (χ0n) is 21.3. The average Bonchev–Trinajstić information content (AvgIpc) is 2.87. The Kier molecular flexibility index (Phi) is 17.7. The van der Waals surface area contributed by atoms with E-state index < -0.39 is 11.6 Å². The summed E-state index contributed by atoms with van der Waals surface area (Å²) in [6, 6.07) is 9.21. The molecule has 0 aliphatic rings. The lowest BCUT2D eigenvalue weighted by Gasteiger charge is -2.11. The second kappa shape index (κ2) is 18.9. The van der Waals surface area contributed by atoms with Gasteiger partial charge in [-0.1, -0.05) is 47.5 Å². The third-order valence-electron chi connectivity index (χ3n) is 4.55. The van der Waals surface area contributed by atoms with Crippen LogP contribution in [0.25, 0.3) is 0 Å². The van der Waals surface area contributed by atoms with Gasteiger partial charge in [-0.25, -0.2) is 8.78 Å². The highest BCUT2D eigenvalue weighted by Gasteiger charge is 2.08. The molecule has 36 heavy (non-hydrogen) atoms. The van der Waals surface area contributed by atoms with Crippen LogP contribution in [0.1, 0.15) is 38.8 Å². The fourth-order valence-electron chi connectivity index (χ4n) is 2.51. The molecule has 202 valence electrons. The minimum Gasteiger partial charge on any atom is -0.483 e. The summed E-state index contributed by atoms with van der Waals surface area (Å²) in [5, 5.41) is 7.32. The van der Waals surface area contributed by atoms with Gasteiger partial charge in [-0.05, 0) is 51.0 Å². The van der Waals surface area contributed by atoms with Crippen molar-refractivity contribution in [3.05, 3.63) is 69.2 Å². The summed E-state index contributed by atoms with van der Waals surface area (Å²) in [5.74, 6) is -0.301. The first-order chi connectivity index (χ1) is 17.0. The SMILES string of the molecule is CCOC(C)C(=N)OC.CCOC(C)C(N)=NCc1cccc(F)c1Cl.NCc1cccc(F)c1Cl. The van der Waals surface area contributed by atoms with Gasteiger partial charge in [0.15, 0.2) is 0 Å². The van der Waals surface area contributed by atoms with E-state index in [0.717, 1.165) is 0 Å². The van der Waals surface area contributed by atoms with Crippen molar-refractivity contribution in [3.8, 4) is 0 Å². The van der Waals surface area contributed by atoms with Crippen molar-refractivity contribution in [1.82, 2.24) is 0 Å². The Labute approximate surface area is 222 Å². The highest BCUT2D eigenvalue weighted by atomic mass is 35.5. The fourth-order valence-corrected chi connectivity index (χ4v) is 2.90. The number of hydrogen-bond donors (Lipinski definition) is 3. The van der Waals surface area contributed by atoms with Crippen molar-refractivity contribution >= 4 is 34.9 Å². The molecule has 2 atom stereocenters. The number of amidine groups is 1. The van der Waals surface area contributed by atoms with Crippen LogP contribution in [0.15, 0.2) is 41.4 Å². The van der Waals surface area contributed by atoms with Crippen molar-refractivity contribution < 1.29 is 23.0 Å². The number of aliphatic imine (C=N–C) groups is 1. The molecule has 0 fully saturated rings. The topological polar surface area (TPSA) is 116 Å². The van der Waals surface area contributed by atoms with Gasteiger partial charge < -0.3 is 25.7 Å². The summed E-state index contributed by atoms with van der Waals surface area (Å²) in [7, 11) is 1.47. The number of rotatable bonds is 9. The van der Waals surface area contributed by atoms with Crippen molar-refractivity contribution in [2.24, 2.45) is 16.5 Å². The molecular formula is C25H36Cl2F2N4O3. The Balaban J connectivity index is 0.000000551. The number of benzene rings is 2. The van der Waals surface area contributed by atoms with Crippen LogP contribution in [0, 0.1) is 17.0 Å². The zero-order valence-corrected chi connectivity index (χ0v) is 22.8. The largest absolute Gasteiger partial charge is 0.483 e. The molecule has 2 aromatic rings. The van der Waals surface area contributed by atoms with Gasteiger partial charge in [0, 0.05) is 19.8 Å². The molecule has 5 N–H and O–H groups in total. The van der Waals surface area contributed by atoms with E-state index in [0.29, 0.717) is 30.2 Å². The first-order valence-corrected chi connectivity index (χ1v) is 12.0. The minimum absolute atomic E-state index is 0.0908. The monoisotopic (exact) mass is 548 g/mol. The lowest BCUT2D eigenvalue weighted by Crippen LogP contribution is -2.29. The van der Waals surface area contributed by atoms with E-state index in [9.17, 15) is 8.78 Å². The molecule has 0 saturated heterocycles. The Bertz CT molecular complexity index is 965. The first-order valence-electron chi connectivity index (χ1n) is 11.2. The summed E-state index contributed by atoms with van der Waals surface area (Å²) < 4.78 is 40.7. The van der Waals surface area contributed by atoms with Crippen LogP contribution in [0.3, 0.4) is 0 Å². The number of nitrogens with two attached hydrogens (primary N) is 2. The third-order valence-corrected chi connectivity index (χ3v) is 5.40. The number of hydrogen-bond acceptors (Lipinski definition) is 6. The van der Waals surface area contributed by atoms with E-state index in [1.54, 1.807) is 31.2 Å². The molecule has 0 aliphatic carbocycles. The maximum atomic E-state index is 13.1. The molecule has 7 nitrogen and oxygen atoms in total. The summed E-state index contributed by atoms with van der Waals surface area (Å²) in [6.45, 7) is 9.08. The van der Waals surface area contributed by atoms with Gasteiger partial charge >= 0.3 is 0 Å². The van der Waals surface area contributed by atoms with Crippen molar-refractivity contribution in [1.29, 1.82) is 5.41 Å². The Morgan fingerprint density at radius 3 is 1.86 bits per heavy atom. The normalized spacial score (nSPS) is 12.4. The standard InChI is InChI=1S/C12H16ClFN2O.C7H7ClFN.C6H13NO2/c1-3-17-8(2)12(15)16-7-9-5-4-6-10(14)11(9)13;8-7-5(4-10)2-1-3-6(7)9;1-4-9-5(2)6(7)8-3/h4-6,8H,3,7H2,1-2H3,(H2,15,16);1-3H,4,10H2;5,7H,4H2,1-3H3. The predicted octanol–water partition coefficient (Wildman–Crippen LogP) is 5.73. The van der Waals surface area contributed by atoms with Crippen molar-refractivity contribution in [3.63, 3.8) is 0 Å². The van der Waals surface area contributed by atoms with Gasteiger partial charge in [0.05, 0.1) is 23.7 Å². The van der Waals surface area contributed by atoms with Crippen LogP contribution in [0.5, 0.6) is 0 Å². The van der Waals surface area contributed by atoms with E-state index in [2.05, 4.69) is 9.73 Å². The number of halogens is 4. The first kappa shape index (κ1) is 33.7. The Morgan fingerprint density at radius 1 is 0.944 bits per heavy atom. The molecule has 0 amide bonds. The summed E-state index contributed by atoms with van der Waals surface area (Å²) in [6.07, 6.45) is -0.452. The highest BCUT2D eigenvalue weighted by Crippen LogP contribution is 2.20. The lowest BCUT2D eigenvalue weighted by molar-refractivity contribution is 0.104. The van der Waals surface area contributed by atoms with Gasteiger partial charge in [0.25, 0.3) is 0 Å². The average molecular weight is 549 g/mol. The molecule has 2 aromatic carbocycles. The number of ether oxygens (including phenoxy) is 3. The van der Waals surface area contributed by atoms with Gasteiger partial charge in [-0.15, -0.1) is 0 Å². The smallest absolute Gasteiger partial charge is 0.209 e. The van der Waals surface area contributed by atoms with E-state index in [1.807, 2.05) is 20.8 Å². The van der Waals surface area contributed by atoms with Crippen LogP contribution in [0.2, 0.25) is 10.0 Å². The van der Waals surface area contributed by atoms with E-state index in [4.69, 9.17) is 49.6 Å². The molecule has 0 aromatic heterocycles. The minimum atomic E-state index is -0.448. The van der Waals surface area contributed by atoms with Gasteiger partial charge in [-0.3, -0.25) is 10.4 Å². The zero-order chi connectivity index (χ0) is 27.7. The Hall–Kier alpha value is -2.30. The fraction of sp³-hybridized carbons (Fsp3) is 0.440. The molecular weight excluding hydrogens is 513 g/mol. The molecule has 11 heteroatoms. The molecule has 0 heterocycles. The summed E-state index contributed by atoms with van der Waals surface area (Å²) in [4.78, 5) is 4.13. The second-order valence-corrected chi connectivity index (χ2v) is 7.89. The van der Waals surface area contributed by atoms with E-state index in [-0.39, 0.29) is 41.2 Å². The highest BCUT2D eigenvalue weighted by molar-refractivity contribution is 6.31. The Morgan fingerprint density at radius 2 is 1.42 bits per heavy atom. The van der Waals surface area contributed by atoms with Crippen LogP contribution in [0.4, 0.5) is 8.78 Å². The predicted molar refractivity (Wildman–Crippen MR) is 143 cm³/mol. The maximum Gasteiger partial charge on any atom is 0.209 e. The van der Waals surface area contributed by atoms with E-state index in [1.165, 1.54) is 19.2 Å². The molecule has 2 rings (SSSR count). The third kappa shape index (κ3) is 12.6. The molecule has 0 aliphatic heterocycles. The molecule has 2 unspecified atom stereocenters. The summed E-state index contributed by atoms with van der Waals surface area (Å²) >= 11 is 11.3. The van der Waals surface area contributed by atoms with Crippen LogP contribution in [-0.4, -0.2) is 44.3 Å². The van der Waals surface area contributed by atoms with Crippen LogP contribution < -0.4 is 11.5 Å². The molecule has 0 saturated carbocycles. The number of nitrogens with one attached hydrogen (secondary N) is 1. The van der Waals surface area contributed by atoms with Crippen molar-refractivity contribution in [2.75, 3.05) is 20.3 Å².